The van der Waals surface area contributed by atoms with E-state index in [4.69, 9.17) is 0 Å². The molecule has 1 nitrogen and oxygen atoms in total. The van der Waals surface area contributed by atoms with E-state index in [1.165, 1.54) is 12.8 Å². The molecular weight excluding hydrogens is 184 g/mol. The number of rotatable bonds is 2. The molecule has 0 aromatic rings. The second-order valence-corrected chi connectivity index (χ2v) is 5.64. The van der Waals surface area contributed by atoms with Crippen LogP contribution in [-0.4, -0.2) is 5.78 Å². The molecule has 2 aliphatic carbocycles. The fraction of sp³-hybridized carbons (Fsp3) is 0.643. The number of hydrogen-bond acceptors (Lipinski definition) is 1. The van der Waals surface area contributed by atoms with Crippen molar-refractivity contribution in [2.75, 3.05) is 0 Å². The molecule has 15 heavy (non-hydrogen) atoms. The number of allylic oxidation sites excluding steroid dienone is 4. The molecule has 0 aromatic heterocycles. The van der Waals surface area contributed by atoms with Crippen molar-refractivity contribution in [1.29, 1.82) is 0 Å². The summed E-state index contributed by atoms with van der Waals surface area (Å²) in [4.78, 5) is 12.0. The van der Waals surface area contributed by atoms with Gasteiger partial charge >= 0.3 is 0 Å². The lowest BCUT2D eigenvalue weighted by Crippen LogP contribution is -2.32. The summed E-state index contributed by atoms with van der Waals surface area (Å²) < 4.78 is 0. The molecule has 2 rings (SSSR count). The summed E-state index contributed by atoms with van der Waals surface area (Å²) in [5.41, 5.74) is 1.43. The molecule has 0 saturated heterocycles. The molecule has 1 saturated carbocycles. The lowest BCUT2D eigenvalue weighted by atomic mass is 9.67. The lowest BCUT2D eigenvalue weighted by Gasteiger charge is -2.36. The average molecular weight is 204 g/mol. The SMILES string of the molecule is C/C=C/C(=O)C1=C[C@H]2CC[C@]1(C)C2(C)C. The van der Waals surface area contributed by atoms with Crippen molar-refractivity contribution in [2.24, 2.45) is 16.7 Å². The zero-order valence-corrected chi connectivity index (χ0v) is 10.1. The summed E-state index contributed by atoms with van der Waals surface area (Å²) in [7, 11) is 0. The number of fused-ring (bicyclic) bond motifs is 2. The predicted octanol–water partition coefficient (Wildman–Crippen LogP) is 3.51. The third-order valence-corrected chi connectivity index (χ3v) is 4.85. The van der Waals surface area contributed by atoms with E-state index in [1.54, 1.807) is 6.08 Å². The molecule has 2 aliphatic rings. The number of hydrogen-bond donors (Lipinski definition) is 0. The highest BCUT2D eigenvalue weighted by Crippen LogP contribution is 2.65. The maximum atomic E-state index is 12.0. The first-order valence-electron chi connectivity index (χ1n) is 5.83. The van der Waals surface area contributed by atoms with Gasteiger partial charge in [0.1, 0.15) is 0 Å². The largest absolute Gasteiger partial charge is 0.290 e. The molecule has 0 unspecified atom stereocenters. The van der Waals surface area contributed by atoms with Crippen LogP contribution < -0.4 is 0 Å². The van der Waals surface area contributed by atoms with E-state index in [0.717, 1.165) is 5.57 Å². The van der Waals surface area contributed by atoms with Crippen LogP contribution in [0.4, 0.5) is 0 Å². The highest BCUT2D eigenvalue weighted by atomic mass is 16.1. The average Bonchev–Trinajstić information content (AvgIpc) is 2.49. The van der Waals surface area contributed by atoms with E-state index in [-0.39, 0.29) is 16.6 Å². The monoisotopic (exact) mass is 204 g/mol. The van der Waals surface area contributed by atoms with Gasteiger partial charge in [-0.1, -0.05) is 32.9 Å². The van der Waals surface area contributed by atoms with Gasteiger partial charge in [-0.3, -0.25) is 4.79 Å². The van der Waals surface area contributed by atoms with Crippen molar-refractivity contribution in [3.05, 3.63) is 23.8 Å². The van der Waals surface area contributed by atoms with Gasteiger partial charge in [0, 0.05) is 11.0 Å². The third-order valence-electron chi connectivity index (χ3n) is 4.85. The second kappa shape index (κ2) is 3.07. The maximum Gasteiger partial charge on any atom is 0.181 e. The van der Waals surface area contributed by atoms with Gasteiger partial charge < -0.3 is 0 Å². The van der Waals surface area contributed by atoms with Crippen LogP contribution in [0.2, 0.25) is 0 Å². The molecule has 0 N–H and O–H groups in total. The van der Waals surface area contributed by atoms with Gasteiger partial charge in [0.15, 0.2) is 5.78 Å². The first-order valence-corrected chi connectivity index (χ1v) is 5.83. The summed E-state index contributed by atoms with van der Waals surface area (Å²) in [5, 5.41) is 0. The third kappa shape index (κ3) is 1.18. The minimum absolute atomic E-state index is 0.105. The van der Waals surface area contributed by atoms with E-state index in [1.807, 2.05) is 13.0 Å². The van der Waals surface area contributed by atoms with Gasteiger partial charge in [0.25, 0.3) is 0 Å². The zero-order valence-electron chi connectivity index (χ0n) is 10.1. The normalized spacial score (nSPS) is 37.3. The van der Waals surface area contributed by atoms with Crippen LogP contribution in [0.1, 0.15) is 40.5 Å². The Hall–Kier alpha value is -0.850. The second-order valence-electron chi connectivity index (χ2n) is 5.64. The van der Waals surface area contributed by atoms with E-state index in [9.17, 15) is 4.79 Å². The fourth-order valence-corrected chi connectivity index (χ4v) is 3.29. The van der Waals surface area contributed by atoms with Gasteiger partial charge in [0.2, 0.25) is 0 Å². The Morgan fingerprint density at radius 2 is 2.13 bits per heavy atom. The van der Waals surface area contributed by atoms with Crippen LogP contribution in [0.3, 0.4) is 0 Å². The first kappa shape index (κ1) is 10.7. The molecule has 82 valence electrons. The van der Waals surface area contributed by atoms with Gasteiger partial charge in [0.05, 0.1) is 0 Å². The van der Waals surface area contributed by atoms with Gasteiger partial charge in [-0.05, 0) is 37.2 Å². The van der Waals surface area contributed by atoms with Crippen LogP contribution in [-0.2, 0) is 4.79 Å². The standard InChI is InChI=1S/C14H20O/c1-5-6-12(15)11-9-10-7-8-14(11,4)13(10,2)3/h5-6,9-10H,7-8H2,1-4H3/b6-5+/t10-,14+/m1/s1. The fourth-order valence-electron chi connectivity index (χ4n) is 3.29. The summed E-state index contributed by atoms with van der Waals surface area (Å²) in [6, 6.07) is 0. The Bertz CT molecular complexity index is 360. The van der Waals surface area contributed by atoms with Gasteiger partial charge in [-0.2, -0.15) is 0 Å². The minimum atomic E-state index is 0.105. The highest BCUT2D eigenvalue weighted by molar-refractivity contribution is 6.05. The van der Waals surface area contributed by atoms with Gasteiger partial charge in [-0.15, -0.1) is 0 Å². The molecule has 0 aliphatic heterocycles. The Labute approximate surface area is 92.3 Å². The summed E-state index contributed by atoms with van der Waals surface area (Å²) in [6.45, 7) is 8.76. The van der Waals surface area contributed by atoms with Crippen molar-refractivity contribution < 1.29 is 4.79 Å². The quantitative estimate of drug-likeness (QED) is 0.629. The number of carbonyl (C=O) groups excluding carboxylic acids is 1. The number of carbonyl (C=O) groups is 1. The molecule has 2 bridgehead atoms. The molecule has 0 spiro atoms. The molecule has 1 heteroatoms. The van der Waals surface area contributed by atoms with Crippen LogP contribution >= 0.6 is 0 Å². The van der Waals surface area contributed by atoms with Gasteiger partial charge in [-0.25, -0.2) is 0 Å². The lowest BCUT2D eigenvalue weighted by molar-refractivity contribution is -0.112. The molecule has 1 fully saturated rings. The van der Waals surface area contributed by atoms with Crippen molar-refractivity contribution in [2.45, 2.75) is 40.5 Å². The van der Waals surface area contributed by atoms with Crippen LogP contribution in [0, 0.1) is 16.7 Å². The van der Waals surface area contributed by atoms with Crippen LogP contribution in [0.15, 0.2) is 23.8 Å². The van der Waals surface area contributed by atoms with Crippen LogP contribution in [0.25, 0.3) is 0 Å². The minimum Gasteiger partial charge on any atom is -0.290 e. The maximum absolute atomic E-state index is 12.0. The Morgan fingerprint density at radius 1 is 1.47 bits per heavy atom. The molecule has 0 heterocycles. The Kier molecular flexibility index (Phi) is 2.18. The predicted molar refractivity (Wildman–Crippen MR) is 62.5 cm³/mol. The molecule has 0 radical (unpaired) electrons. The van der Waals surface area contributed by atoms with Crippen LogP contribution in [0.5, 0.6) is 0 Å². The number of ketones is 1. The molecular formula is C14H20O. The summed E-state index contributed by atoms with van der Waals surface area (Å²) in [6.07, 6.45) is 8.18. The van der Waals surface area contributed by atoms with E-state index >= 15 is 0 Å². The van der Waals surface area contributed by atoms with Crippen molar-refractivity contribution in [3.8, 4) is 0 Å². The zero-order chi connectivity index (χ0) is 11.3. The molecule has 2 atom stereocenters. The van der Waals surface area contributed by atoms with E-state index in [0.29, 0.717) is 5.92 Å². The summed E-state index contributed by atoms with van der Waals surface area (Å²) in [5.74, 6) is 0.821. The Morgan fingerprint density at radius 3 is 2.53 bits per heavy atom. The smallest absolute Gasteiger partial charge is 0.181 e. The van der Waals surface area contributed by atoms with E-state index in [2.05, 4.69) is 26.8 Å². The van der Waals surface area contributed by atoms with E-state index < -0.39 is 0 Å². The first-order chi connectivity index (χ1) is 6.93. The van der Waals surface area contributed by atoms with Crippen molar-refractivity contribution in [3.63, 3.8) is 0 Å². The molecule has 0 amide bonds. The highest BCUT2D eigenvalue weighted by Gasteiger charge is 2.58. The summed E-state index contributed by atoms with van der Waals surface area (Å²) >= 11 is 0. The molecule has 0 aromatic carbocycles. The van der Waals surface area contributed by atoms with Crippen molar-refractivity contribution >= 4 is 5.78 Å². The van der Waals surface area contributed by atoms with Crippen molar-refractivity contribution in [1.82, 2.24) is 0 Å². The Balaban J connectivity index is 2.39. The topological polar surface area (TPSA) is 17.1 Å².